The van der Waals surface area contributed by atoms with Gasteiger partial charge in [0.1, 0.15) is 0 Å². The summed E-state index contributed by atoms with van der Waals surface area (Å²) in [5.41, 5.74) is 5.38. The summed E-state index contributed by atoms with van der Waals surface area (Å²) in [4.78, 5) is 13.7. The predicted molar refractivity (Wildman–Crippen MR) is 70.7 cm³/mol. The molecule has 3 N–H and O–H groups in total. The third-order valence-electron chi connectivity index (χ3n) is 3.75. The van der Waals surface area contributed by atoms with Crippen LogP contribution in [-0.2, 0) is 4.79 Å². The van der Waals surface area contributed by atoms with Gasteiger partial charge in [-0.2, -0.15) is 0 Å². The van der Waals surface area contributed by atoms with E-state index >= 15 is 0 Å². The number of carbonyl (C=O) groups excluding carboxylic acids is 1. The fourth-order valence-corrected chi connectivity index (χ4v) is 2.58. The first kappa shape index (κ1) is 14.5. The number of hydrogen-bond acceptors (Lipinski definition) is 3. The van der Waals surface area contributed by atoms with E-state index in [-0.39, 0.29) is 11.9 Å². The largest absolute Gasteiger partial charge is 0.368 e. The number of likely N-dealkylation sites (tertiary alicyclic amines) is 1. The Balaban J connectivity index is 2.38. The van der Waals surface area contributed by atoms with Crippen LogP contribution < -0.4 is 11.1 Å². The van der Waals surface area contributed by atoms with Crippen LogP contribution in [0.3, 0.4) is 0 Å². The predicted octanol–water partition coefficient (Wildman–Crippen LogP) is 0.960. The minimum atomic E-state index is -0.232. The second-order valence-corrected chi connectivity index (χ2v) is 5.33. The fourth-order valence-electron chi connectivity index (χ4n) is 2.58. The number of carbonyl (C=O) groups is 1. The molecule has 3 atom stereocenters. The van der Waals surface area contributed by atoms with Crippen molar-refractivity contribution in [3.63, 3.8) is 0 Å². The van der Waals surface area contributed by atoms with Crippen molar-refractivity contribution in [3.8, 4) is 0 Å². The molecule has 1 aliphatic rings. The van der Waals surface area contributed by atoms with Crippen LogP contribution in [-0.4, -0.2) is 42.5 Å². The number of amides is 1. The zero-order chi connectivity index (χ0) is 12.8. The van der Waals surface area contributed by atoms with Crippen molar-refractivity contribution in [1.29, 1.82) is 0 Å². The molecule has 0 aliphatic carbocycles. The van der Waals surface area contributed by atoms with E-state index in [0.717, 1.165) is 32.0 Å². The van der Waals surface area contributed by atoms with Crippen LogP contribution in [0.2, 0.25) is 0 Å². The van der Waals surface area contributed by atoms with Gasteiger partial charge in [-0.05, 0) is 38.6 Å². The van der Waals surface area contributed by atoms with Gasteiger partial charge >= 0.3 is 0 Å². The second kappa shape index (κ2) is 6.97. The molecule has 0 aromatic carbocycles. The Bertz CT molecular complexity index is 245. The summed E-state index contributed by atoms with van der Waals surface area (Å²) in [7, 11) is 0. The summed E-state index contributed by atoms with van der Waals surface area (Å²) in [5, 5.41) is 3.15. The van der Waals surface area contributed by atoms with Crippen molar-refractivity contribution in [2.45, 2.75) is 52.1 Å². The normalized spacial score (nSPS) is 27.9. The first-order chi connectivity index (χ1) is 8.04. The van der Waals surface area contributed by atoms with Gasteiger partial charge in [0.25, 0.3) is 0 Å². The van der Waals surface area contributed by atoms with Gasteiger partial charge in [-0.3, -0.25) is 4.79 Å². The average Bonchev–Trinajstić information content (AvgIpc) is 2.28. The lowest BCUT2D eigenvalue weighted by atomic mass is 9.94. The molecule has 1 aliphatic heterocycles. The van der Waals surface area contributed by atoms with E-state index in [1.54, 1.807) is 0 Å². The van der Waals surface area contributed by atoms with Gasteiger partial charge < -0.3 is 16.0 Å². The summed E-state index contributed by atoms with van der Waals surface area (Å²) in [6.07, 6.45) is 3.41. The van der Waals surface area contributed by atoms with E-state index in [1.807, 2.05) is 6.92 Å². The monoisotopic (exact) mass is 241 g/mol. The van der Waals surface area contributed by atoms with Crippen LogP contribution >= 0.6 is 0 Å². The zero-order valence-corrected chi connectivity index (χ0v) is 11.4. The van der Waals surface area contributed by atoms with Crippen LogP contribution in [0.4, 0.5) is 0 Å². The van der Waals surface area contributed by atoms with Gasteiger partial charge in [0.05, 0.1) is 6.04 Å². The highest BCUT2D eigenvalue weighted by molar-refractivity contribution is 5.79. The Labute approximate surface area is 105 Å². The van der Waals surface area contributed by atoms with Gasteiger partial charge in [0.2, 0.25) is 5.91 Å². The number of primary amides is 1. The number of likely N-dealkylation sites (N-methyl/N-ethyl adjacent to an activating group) is 1. The van der Waals surface area contributed by atoms with Gasteiger partial charge in [-0.15, -0.1) is 0 Å². The number of nitrogens with zero attached hydrogens (tertiary/aromatic N) is 1. The Kier molecular flexibility index (Phi) is 5.92. The van der Waals surface area contributed by atoms with Crippen LogP contribution in [0.25, 0.3) is 0 Å². The molecule has 4 nitrogen and oxygen atoms in total. The standard InChI is InChI=1S/C13H27N3O/c1-4-15-12(13(14)17)7-8-16-9-10(2)5-6-11(16)3/h10-12,15H,4-9H2,1-3H3,(H2,14,17). The van der Waals surface area contributed by atoms with E-state index in [4.69, 9.17) is 5.73 Å². The lowest BCUT2D eigenvalue weighted by Gasteiger charge is -2.37. The highest BCUT2D eigenvalue weighted by Crippen LogP contribution is 2.21. The van der Waals surface area contributed by atoms with Crippen molar-refractivity contribution in [2.75, 3.05) is 19.6 Å². The molecule has 1 heterocycles. The molecule has 1 saturated heterocycles. The molecule has 0 radical (unpaired) electrons. The maximum absolute atomic E-state index is 11.2. The lowest BCUT2D eigenvalue weighted by molar-refractivity contribution is -0.120. The third-order valence-corrected chi connectivity index (χ3v) is 3.75. The van der Waals surface area contributed by atoms with Gasteiger partial charge in [0.15, 0.2) is 0 Å². The zero-order valence-electron chi connectivity index (χ0n) is 11.4. The molecule has 1 amide bonds. The summed E-state index contributed by atoms with van der Waals surface area (Å²) in [5.74, 6) is 0.543. The molecule has 0 bridgehead atoms. The van der Waals surface area contributed by atoms with E-state index in [1.165, 1.54) is 12.8 Å². The van der Waals surface area contributed by atoms with Crippen molar-refractivity contribution >= 4 is 5.91 Å². The number of nitrogens with one attached hydrogen (secondary N) is 1. The molecule has 4 heteroatoms. The fraction of sp³-hybridized carbons (Fsp3) is 0.923. The second-order valence-electron chi connectivity index (χ2n) is 5.33. The minimum absolute atomic E-state index is 0.176. The molecular weight excluding hydrogens is 214 g/mol. The molecule has 1 fully saturated rings. The van der Waals surface area contributed by atoms with Gasteiger partial charge in [-0.25, -0.2) is 0 Å². The average molecular weight is 241 g/mol. The maximum Gasteiger partial charge on any atom is 0.234 e. The van der Waals surface area contributed by atoms with Crippen LogP contribution in [0.15, 0.2) is 0 Å². The number of hydrogen-bond donors (Lipinski definition) is 2. The molecular formula is C13H27N3O. The number of piperidine rings is 1. The SMILES string of the molecule is CCNC(CCN1CC(C)CCC1C)C(N)=O. The number of rotatable bonds is 6. The molecule has 3 unspecified atom stereocenters. The lowest BCUT2D eigenvalue weighted by Crippen LogP contribution is -2.47. The van der Waals surface area contributed by atoms with Crippen molar-refractivity contribution < 1.29 is 4.79 Å². The van der Waals surface area contributed by atoms with Gasteiger partial charge in [0, 0.05) is 19.1 Å². The summed E-state index contributed by atoms with van der Waals surface area (Å²) >= 11 is 0. The molecule has 100 valence electrons. The Hall–Kier alpha value is -0.610. The Morgan fingerprint density at radius 2 is 2.18 bits per heavy atom. The molecule has 17 heavy (non-hydrogen) atoms. The Morgan fingerprint density at radius 1 is 1.47 bits per heavy atom. The van der Waals surface area contributed by atoms with Crippen molar-refractivity contribution in [2.24, 2.45) is 11.7 Å². The summed E-state index contributed by atoms with van der Waals surface area (Å²) in [6.45, 7) is 9.49. The van der Waals surface area contributed by atoms with Crippen LogP contribution in [0.1, 0.15) is 40.0 Å². The van der Waals surface area contributed by atoms with E-state index in [2.05, 4.69) is 24.1 Å². The smallest absolute Gasteiger partial charge is 0.234 e. The first-order valence-corrected chi connectivity index (χ1v) is 6.81. The Morgan fingerprint density at radius 3 is 2.76 bits per heavy atom. The number of nitrogens with two attached hydrogens (primary N) is 1. The molecule has 0 aromatic rings. The maximum atomic E-state index is 11.2. The molecule has 0 aromatic heterocycles. The third kappa shape index (κ3) is 4.64. The highest BCUT2D eigenvalue weighted by atomic mass is 16.1. The van der Waals surface area contributed by atoms with Crippen LogP contribution in [0.5, 0.6) is 0 Å². The van der Waals surface area contributed by atoms with Gasteiger partial charge in [-0.1, -0.05) is 13.8 Å². The molecule has 0 saturated carbocycles. The topological polar surface area (TPSA) is 58.4 Å². The summed E-state index contributed by atoms with van der Waals surface area (Å²) in [6, 6.07) is 0.464. The molecule has 1 rings (SSSR count). The highest BCUT2D eigenvalue weighted by Gasteiger charge is 2.24. The van der Waals surface area contributed by atoms with E-state index in [0.29, 0.717) is 6.04 Å². The first-order valence-electron chi connectivity index (χ1n) is 6.81. The van der Waals surface area contributed by atoms with E-state index < -0.39 is 0 Å². The quantitative estimate of drug-likeness (QED) is 0.728. The van der Waals surface area contributed by atoms with E-state index in [9.17, 15) is 4.79 Å². The van der Waals surface area contributed by atoms with Crippen molar-refractivity contribution in [1.82, 2.24) is 10.2 Å². The van der Waals surface area contributed by atoms with Crippen molar-refractivity contribution in [3.05, 3.63) is 0 Å². The molecule has 0 spiro atoms. The van der Waals surface area contributed by atoms with Crippen LogP contribution in [0, 0.1) is 5.92 Å². The minimum Gasteiger partial charge on any atom is -0.368 e. The summed E-state index contributed by atoms with van der Waals surface area (Å²) < 4.78 is 0.